The van der Waals surface area contributed by atoms with Crippen LogP contribution in [0, 0.1) is 28.6 Å². The molecule has 7 heteroatoms. The first-order valence-electron chi connectivity index (χ1n) is 11.8. The van der Waals surface area contributed by atoms with Gasteiger partial charge in [0, 0.05) is 11.3 Å². The number of ether oxygens (including phenoxy) is 2. The van der Waals surface area contributed by atoms with Gasteiger partial charge in [-0.2, -0.15) is 0 Å². The molecular weight excluding hydrogens is 412 g/mol. The van der Waals surface area contributed by atoms with E-state index in [-0.39, 0.29) is 23.5 Å². The van der Waals surface area contributed by atoms with Gasteiger partial charge in [0.2, 0.25) is 5.78 Å². The third kappa shape index (κ3) is 2.66. The zero-order chi connectivity index (χ0) is 23.2. The molecule has 3 fully saturated rings. The van der Waals surface area contributed by atoms with Gasteiger partial charge in [-0.15, -0.1) is 0 Å². The summed E-state index contributed by atoms with van der Waals surface area (Å²) in [5.74, 6) is -1.75. The summed E-state index contributed by atoms with van der Waals surface area (Å²) in [5, 5.41) is 33.2. The molecule has 176 valence electrons. The number of carbonyl (C=O) groups is 2. The van der Waals surface area contributed by atoms with Crippen LogP contribution < -0.4 is 0 Å². The Morgan fingerprint density at radius 2 is 1.88 bits per heavy atom. The SMILES string of the molecule is CC(C)C1=C2[C@H]3[C@@H](O)C=C(C=O)[C@@H]4C(O[C@@H]5OC[C@@H](O)C(=O)[C@@]54O)[C@]3(C)CC[C@@]2(C)CC1. The summed E-state index contributed by atoms with van der Waals surface area (Å²) >= 11 is 0. The maximum absolute atomic E-state index is 13.0. The molecule has 3 N–H and O–H groups in total. The van der Waals surface area contributed by atoms with Gasteiger partial charge in [-0.05, 0) is 48.7 Å². The van der Waals surface area contributed by atoms with Crippen molar-refractivity contribution in [3.05, 3.63) is 22.8 Å². The van der Waals surface area contributed by atoms with Crippen molar-refractivity contribution in [3.8, 4) is 0 Å². The van der Waals surface area contributed by atoms with Crippen molar-refractivity contribution in [2.24, 2.45) is 28.6 Å². The van der Waals surface area contributed by atoms with E-state index in [0.29, 0.717) is 12.2 Å². The molecule has 3 aliphatic carbocycles. The van der Waals surface area contributed by atoms with E-state index >= 15 is 0 Å². The monoisotopic (exact) mass is 446 g/mol. The smallest absolute Gasteiger partial charge is 0.201 e. The molecule has 5 rings (SSSR count). The Morgan fingerprint density at radius 1 is 1.16 bits per heavy atom. The molecule has 0 amide bonds. The van der Waals surface area contributed by atoms with Crippen LogP contribution in [0.15, 0.2) is 22.8 Å². The summed E-state index contributed by atoms with van der Waals surface area (Å²) in [4.78, 5) is 25.2. The Hall–Kier alpha value is -1.38. The van der Waals surface area contributed by atoms with Crippen LogP contribution in [0.1, 0.15) is 53.4 Å². The molecule has 0 aromatic carbocycles. The minimum Gasteiger partial charge on any atom is -0.388 e. The Morgan fingerprint density at radius 3 is 2.53 bits per heavy atom. The quantitative estimate of drug-likeness (QED) is 0.437. The fourth-order valence-corrected chi connectivity index (χ4v) is 7.54. The van der Waals surface area contributed by atoms with Crippen LogP contribution in [-0.4, -0.2) is 64.2 Å². The van der Waals surface area contributed by atoms with Gasteiger partial charge in [0.25, 0.3) is 0 Å². The number of rotatable bonds is 2. The van der Waals surface area contributed by atoms with Crippen LogP contribution in [0.2, 0.25) is 0 Å². The lowest BCUT2D eigenvalue weighted by Gasteiger charge is -2.53. The number of carbonyl (C=O) groups excluding carboxylic acids is 2. The highest BCUT2D eigenvalue weighted by atomic mass is 16.7. The van der Waals surface area contributed by atoms with Crippen LogP contribution in [0.3, 0.4) is 0 Å². The number of aliphatic hydroxyl groups is 3. The maximum atomic E-state index is 13.0. The van der Waals surface area contributed by atoms with E-state index < -0.39 is 47.3 Å². The van der Waals surface area contributed by atoms with E-state index in [1.54, 1.807) is 0 Å². The normalized spacial score (nSPS) is 50.4. The Labute approximate surface area is 188 Å². The number of hydrogen-bond donors (Lipinski definition) is 3. The highest BCUT2D eigenvalue weighted by Gasteiger charge is 2.71. The van der Waals surface area contributed by atoms with Gasteiger partial charge >= 0.3 is 0 Å². The van der Waals surface area contributed by atoms with Gasteiger partial charge in [-0.3, -0.25) is 9.59 Å². The number of aliphatic hydroxyl groups excluding tert-OH is 2. The topological polar surface area (TPSA) is 113 Å². The van der Waals surface area contributed by atoms with Gasteiger partial charge in [-0.25, -0.2) is 0 Å². The second kappa shape index (κ2) is 7.06. The van der Waals surface area contributed by atoms with Crippen LogP contribution in [-0.2, 0) is 19.1 Å². The summed E-state index contributed by atoms with van der Waals surface area (Å²) in [5.41, 5.74) is -0.0667. The number of fused-ring (bicyclic) bond motifs is 7. The van der Waals surface area contributed by atoms with Crippen molar-refractivity contribution in [3.63, 3.8) is 0 Å². The Kier molecular flexibility index (Phi) is 4.95. The fourth-order valence-electron chi connectivity index (χ4n) is 7.54. The standard InChI is InChI=1S/C25H34O7/c1-12(2)14-5-6-23(3)7-8-24(4)19(18(14)23)15(27)9-13(10-26)17-21(24)32-22-25(17,30)20(29)16(28)11-31-22/h9-10,12,15-17,19,21-22,27-28,30H,5-8,11H2,1-4H3/t15-,16+,17+,19+,21?,22-,23+,24+,25+/m0/s1. The lowest BCUT2D eigenvalue weighted by atomic mass is 9.52. The fraction of sp³-hybridized carbons (Fsp3) is 0.760. The number of aldehydes is 1. The largest absolute Gasteiger partial charge is 0.388 e. The number of allylic oxidation sites excluding steroid dienone is 1. The third-order valence-corrected chi connectivity index (χ3v) is 9.24. The zero-order valence-corrected chi connectivity index (χ0v) is 19.2. The first kappa shape index (κ1) is 22.4. The lowest BCUT2D eigenvalue weighted by Crippen LogP contribution is -2.62. The van der Waals surface area contributed by atoms with Crippen LogP contribution >= 0.6 is 0 Å². The van der Waals surface area contributed by atoms with Crippen molar-refractivity contribution in [1.29, 1.82) is 0 Å². The van der Waals surface area contributed by atoms with E-state index in [1.165, 1.54) is 17.2 Å². The average Bonchev–Trinajstić information content (AvgIpc) is 3.22. The highest BCUT2D eigenvalue weighted by Crippen LogP contribution is 2.66. The number of hydrogen-bond acceptors (Lipinski definition) is 7. The molecule has 5 aliphatic rings. The van der Waals surface area contributed by atoms with Crippen molar-refractivity contribution < 1.29 is 34.4 Å². The van der Waals surface area contributed by atoms with Crippen molar-refractivity contribution in [2.45, 2.75) is 83.6 Å². The maximum Gasteiger partial charge on any atom is 0.201 e. The van der Waals surface area contributed by atoms with Gasteiger partial charge in [-0.1, -0.05) is 38.8 Å². The van der Waals surface area contributed by atoms with Crippen molar-refractivity contribution >= 4 is 12.1 Å². The molecule has 1 unspecified atom stereocenters. The van der Waals surface area contributed by atoms with Crippen LogP contribution in [0.25, 0.3) is 0 Å². The van der Waals surface area contributed by atoms with Gasteiger partial charge in [0.05, 0.1) is 24.7 Å². The molecule has 9 atom stereocenters. The molecule has 0 aromatic rings. The molecule has 32 heavy (non-hydrogen) atoms. The van der Waals surface area contributed by atoms with Gasteiger partial charge < -0.3 is 24.8 Å². The average molecular weight is 447 g/mol. The molecule has 0 spiro atoms. The second-order valence-corrected chi connectivity index (χ2v) is 11.3. The molecule has 1 saturated carbocycles. The van der Waals surface area contributed by atoms with E-state index in [1.807, 2.05) is 6.92 Å². The molecular formula is C25H34O7. The summed E-state index contributed by atoms with van der Waals surface area (Å²) in [6.45, 7) is 8.41. The van der Waals surface area contributed by atoms with Crippen LogP contribution in [0.5, 0.6) is 0 Å². The van der Waals surface area contributed by atoms with E-state index in [0.717, 1.165) is 25.7 Å². The minimum absolute atomic E-state index is 0.0233. The molecule has 2 saturated heterocycles. The number of ketones is 1. The minimum atomic E-state index is -2.17. The van der Waals surface area contributed by atoms with Crippen molar-refractivity contribution in [2.75, 3.05) is 6.61 Å². The summed E-state index contributed by atoms with van der Waals surface area (Å²) in [7, 11) is 0. The third-order valence-electron chi connectivity index (χ3n) is 9.24. The molecule has 7 nitrogen and oxygen atoms in total. The second-order valence-electron chi connectivity index (χ2n) is 11.3. The molecule has 2 heterocycles. The summed E-state index contributed by atoms with van der Waals surface area (Å²) < 4.78 is 11.8. The first-order valence-corrected chi connectivity index (χ1v) is 11.8. The molecule has 2 aliphatic heterocycles. The summed E-state index contributed by atoms with van der Waals surface area (Å²) in [6.07, 6.45) is 1.38. The van der Waals surface area contributed by atoms with Gasteiger partial charge in [0.1, 0.15) is 12.4 Å². The highest BCUT2D eigenvalue weighted by molar-refractivity contribution is 5.95. The van der Waals surface area contributed by atoms with Crippen molar-refractivity contribution in [1.82, 2.24) is 0 Å². The number of Topliss-reactive ketones (excluding diaryl/α,β-unsaturated/α-hetero) is 1. The molecule has 0 aromatic heterocycles. The summed E-state index contributed by atoms with van der Waals surface area (Å²) in [6, 6.07) is 0. The lowest BCUT2D eigenvalue weighted by molar-refractivity contribution is -0.242. The van der Waals surface area contributed by atoms with E-state index in [2.05, 4.69) is 20.8 Å². The van der Waals surface area contributed by atoms with E-state index in [4.69, 9.17) is 9.47 Å². The first-order chi connectivity index (χ1) is 15.0. The predicted octanol–water partition coefficient (Wildman–Crippen LogP) is 1.69. The van der Waals surface area contributed by atoms with Gasteiger partial charge in [0.15, 0.2) is 11.9 Å². The van der Waals surface area contributed by atoms with E-state index in [9.17, 15) is 24.9 Å². The Bertz CT molecular complexity index is 921. The zero-order valence-electron chi connectivity index (χ0n) is 19.2. The molecule has 0 radical (unpaired) electrons. The predicted molar refractivity (Wildman–Crippen MR) is 114 cm³/mol. The molecule has 0 bridgehead atoms. The Balaban J connectivity index is 1.71. The van der Waals surface area contributed by atoms with Crippen LogP contribution in [0.4, 0.5) is 0 Å².